The maximum Gasteiger partial charge on any atom is 0.292 e. The Balaban J connectivity index is 0.000000688. The Morgan fingerprint density at radius 3 is 0.881 bits per heavy atom. The largest absolute Gasteiger partial charge is 0.336 e. The molecule has 107 heteroatoms. The molecule has 2 amide bonds. The van der Waals surface area contributed by atoms with Crippen LogP contribution >= 0.6 is 796 Å². The summed E-state index contributed by atoms with van der Waals surface area (Å²) in [4.78, 5) is 28.2. The van der Waals surface area contributed by atoms with Gasteiger partial charge in [-0.1, -0.05) is 73.3 Å². The number of para-hydroxylation sites is 1. The molecule has 780 valence electrons. The molecule has 2 aliphatic heterocycles. The van der Waals surface area contributed by atoms with E-state index in [2.05, 4.69) is 448 Å². The molecule has 0 bridgehead atoms. The van der Waals surface area contributed by atoms with Gasteiger partial charge in [0.1, 0.15) is 4.21 Å². The van der Waals surface area contributed by atoms with Crippen LogP contribution in [0.25, 0.3) is 10.8 Å². The standard InChI is InChI=1S/C28H26N2O6S2.H99P97/c31-24(29-38(33,34)25-9-4-16-37-25)13-12-21-7-3-8-23-26(21)30(27(32)28(23)35-14-15-36-28)18-19-10-11-20-5-1-2-6-22(20)17-19;1-50-75(51(2)3)87(74(48)49)93(86(72(44)45)73(46)47)96(92(84(68(36)37)69(38)39)85(70(40)41)71(42)43)97(94(88(76(52(4)5)53(6)7)77(54(8)9)55(10)11)89(78(56(12)13)57(14)15)79(58(16)17)59(18)19)95(90(80(60(20)21)61(22)23)81(62(24)25)63(26)27)91(82(64(28)29)65(30)31)83(66(32)33)67(34)35/h1-11,16-17,33-34H,12-15,18H2,(H,29,31);50H,1-49H2. The molecule has 2 aliphatic rings. The predicted octanol–water partition coefficient (Wildman–Crippen LogP) is 62.5. The van der Waals surface area contributed by atoms with Crippen molar-refractivity contribution in [2.24, 2.45) is 0 Å². The lowest BCUT2D eigenvalue weighted by Gasteiger charge is -2.64. The van der Waals surface area contributed by atoms with Gasteiger partial charge in [-0.2, -0.15) is 0 Å². The van der Waals surface area contributed by atoms with E-state index >= 15 is 0 Å². The van der Waals surface area contributed by atoms with Crippen molar-refractivity contribution in [2.75, 3.05) is 18.1 Å². The topological polar surface area (TPSA) is 108 Å². The summed E-state index contributed by atoms with van der Waals surface area (Å²) in [5.41, 5.74) is 3.03. The first kappa shape index (κ1) is 164. The molecule has 6 rings (SSSR count). The molecule has 54 unspecified atom stereocenters. The molecule has 4 aromatic rings. The van der Waals surface area contributed by atoms with E-state index in [4.69, 9.17) is 9.47 Å². The number of fused-ring (bicyclic) bond motifs is 3. The fraction of sp³-hybridized carbons (Fsp3) is 0.214. The van der Waals surface area contributed by atoms with Gasteiger partial charge in [-0.05, 0) is 380 Å². The molecule has 54 atom stereocenters. The fourth-order valence-corrected chi connectivity index (χ4v) is 1460. The zero-order chi connectivity index (χ0) is 103. The summed E-state index contributed by atoms with van der Waals surface area (Å²) < 4.78 is 35.3. The summed E-state index contributed by atoms with van der Waals surface area (Å²) in [5, 5.41) is 3.91. The molecule has 1 saturated heterocycles. The van der Waals surface area contributed by atoms with Gasteiger partial charge in [-0.15, -0.1) is 449 Å². The molecule has 8 nitrogen and oxygen atoms in total. The van der Waals surface area contributed by atoms with Gasteiger partial charge in [0.15, 0.2) is 0 Å². The SMILES string of the molecule is O=C(CCc1cccc2c1N(Cc1ccc3ccccc3c1)C(=O)C21OCCO1)NS(O)(O)c1cccs1.PPP(P(P)P)P(P(P)P)P(P(P(P)P)P(P)P)P(P(P(P(P)P)P(P)P)P(P(P)P)P(P)P)P(P(P(P(P(P)P)P(P)P)P(P(P)P)P(P)P)P(P(P(P)P)P(P)P)P(P(P)P)P(P)P)P(P(P(P(P)P)P(P)P)P(P(P)P)P(P)P)P(P(P(P)P)P(P)P)P(P(P)P)P(P)P. The Kier molecular flexibility index (Phi) is 103. The average molecular weight is 3650 g/mol. The van der Waals surface area contributed by atoms with Crippen LogP contribution < -0.4 is 9.62 Å². The van der Waals surface area contributed by atoms with Gasteiger partial charge >= 0.3 is 0 Å². The first-order valence-electron chi connectivity index (χ1n) is 34.3. The van der Waals surface area contributed by atoms with Crippen LogP contribution in [-0.2, 0) is 37.8 Å². The summed E-state index contributed by atoms with van der Waals surface area (Å²) in [5.74, 6) is -2.27. The molecular weight excluding hydrogens is 3530 g/mol. The van der Waals surface area contributed by atoms with Crippen LogP contribution in [-0.4, -0.2) is 34.1 Å². The van der Waals surface area contributed by atoms with Crippen LogP contribution in [0.15, 0.2) is 82.4 Å². The van der Waals surface area contributed by atoms with Gasteiger partial charge in [0, 0.05) is 12.0 Å². The van der Waals surface area contributed by atoms with Gasteiger partial charge in [-0.25, -0.2) is 4.72 Å². The van der Waals surface area contributed by atoms with Crippen LogP contribution in [0, 0.1) is 0 Å². The highest BCUT2D eigenvalue weighted by molar-refractivity contribution is 9.60. The summed E-state index contributed by atoms with van der Waals surface area (Å²) in [6.45, 7) is -19.4. The highest BCUT2D eigenvalue weighted by Crippen LogP contribution is 3.54. The third kappa shape index (κ3) is 50.7. The Labute approximate surface area is 984 Å². The number of thiophene rings is 1. The molecule has 3 N–H and O–H groups in total. The highest BCUT2D eigenvalue weighted by atomic mass is 33.7. The molecule has 1 aromatic heterocycles. The number of amides is 2. The number of ether oxygens (including phenoxy) is 2. The Bertz CT molecular complexity index is 3750. The number of anilines is 1. The van der Waals surface area contributed by atoms with E-state index in [-0.39, 0.29) is 39.7 Å². The van der Waals surface area contributed by atoms with E-state index in [0.717, 1.165) is 29.9 Å². The number of carbonyl (C=O) groups is 2. The third-order valence-corrected chi connectivity index (χ3v) is 707. The number of hydrogen-bond acceptors (Lipinski definition) is 7. The van der Waals surface area contributed by atoms with Crippen molar-refractivity contribution in [2.45, 2.75) is 29.4 Å². The van der Waals surface area contributed by atoms with Crippen LogP contribution in [0.5, 0.6) is 0 Å². The van der Waals surface area contributed by atoms with Crippen LogP contribution in [0.3, 0.4) is 0 Å². The number of benzene rings is 3. The van der Waals surface area contributed by atoms with Gasteiger partial charge in [0.25, 0.3) is 11.7 Å². The van der Waals surface area contributed by atoms with Crippen molar-refractivity contribution in [1.82, 2.24) is 4.72 Å². The Hall–Kier alpha value is 38.5. The Morgan fingerprint density at radius 1 is 0.348 bits per heavy atom. The molecule has 1 fully saturated rings. The molecule has 3 aromatic carbocycles. The minimum Gasteiger partial charge on any atom is -0.336 e. The maximum atomic E-state index is 13.8. The number of hydrogen-bond donors (Lipinski definition) is 3. The smallest absolute Gasteiger partial charge is 0.292 e. The highest BCUT2D eigenvalue weighted by Gasteiger charge is 2.68. The average Bonchev–Trinajstić information content (AvgIpc) is 1.37. The van der Waals surface area contributed by atoms with Crippen molar-refractivity contribution in [1.29, 1.82) is 0 Å². The summed E-state index contributed by atoms with van der Waals surface area (Å²) >= 11 is 1.17. The van der Waals surface area contributed by atoms with E-state index in [1.54, 1.807) is 22.4 Å². The predicted molar refractivity (Wildman–Crippen MR) is 956 cm³/mol. The second-order valence-electron chi connectivity index (χ2n) is 24.6. The molecule has 135 heavy (non-hydrogen) atoms. The molecule has 0 aliphatic carbocycles. The number of nitrogens with zero attached hydrogens (tertiary/aromatic N) is 1. The molecule has 0 saturated carbocycles. The summed E-state index contributed by atoms with van der Waals surface area (Å²) in [7, 11) is 183. The lowest BCUT2D eigenvalue weighted by molar-refractivity contribution is -0.180. The molecule has 1 spiro atoms. The van der Waals surface area contributed by atoms with Gasteiger partial charge in [0.2, 0.25) is 5.91 Å². The lowest BCUT2D eigenvalue weighted by Crippen LogP contribution is -2.41. The first-order chi connectivity index (χ1) is 62.5. The maximum absolute atomic E-state index is 13.8. The van der Waals surface area contributed by atoms with E-state index < -0.39 is 330 Å². The minimum atomic E-state index is -3.41. The number of carbonyl (C=O) groups excluding carboxylic acids is 2. The summed E-state index contributed by atoms with van der Waals surface area (Å²) in [6, 6.07) is 22.9. The summed E-state index contributed by atoms with van der Waals surface area (Å²) in [6.07, 6.45) is 0.289. The van der Waals surface area contributed by atoms with Crippen molar-refractivity contribution in [3.05, 3.63) is 94.9 Å². The second-order valence-corrected chi connectivity index (χ2v) is 429. The minimum absolute atomic E-state index is 0.00438. The molecular formula is C28H125N2O6P97S2. The van der Waals surface area contributed by atoms with Crippen molar-refractivity contribution >= 4 is 824 Å². The monoisotopic (exact) mass is 3650 g/mol. The first-order valence-corrected chi connectivity index (χ1v) is 214. The van der Waals surface area contributed by atoms with Crippen LogP contribution in [0.1, 0.15) is 23.1 Å². The van der Waals surface area contributed by atoms with E-state index in [9.17, 15) is 18.7 Å². The molecule has 3 heterocycles. The zero-order valence-electron chi connectivity index (χ0n) is 70.1. The van der Waals surface area contributed by atoms with E-state index in [0.29, 0.717) is 35.2 Å². The third-order valence-electron chi connectivity index (χ3n) is 15.4. The zero-order valence-corrected chi connectivity index (χ0v) is 171. The van der Waals surface area contributed by atoms with Crippen molar-refractivity contribution in [3.8, 4) is 0 Å². The van der Waals surface area contributed by atoms with E-state index in [1.165, 1.54) is 11.3 Å². The number of nitrogens with one attached hydrogen (secondary N) is 1. The van der Waals surface area contributed by atoms with Crippen molar-refractivity contribution in [3.63, 3.8) is 0 Å². The van der Waals surface area contributed by atoms with Gasteiger partial charge in [0.05, 0.1) is 25.4 Å². The Morgan fingerprint density at radius 2 is 0.622 bits per heavy atom. The van der Waals surface area contributed by atoms with Gasteiger partial charge in [-0.3, -0.25) is 18.7 Å². The normalized spacial score (nSPS) is 16.2. The second kappa shape index (κ2) is 84.8. The van der Waals surface area contributed by atoms with Crippen LogP contribution in [0.2, 0.25) is 0 Å². The van der Waals surface area contributed by atoms with Crippen LogP contribution in [0.4, 0.5) is 5.69 Å². The lowest BCUT2D eigenvalue weighted by atomic mass is 10.00. The number of rotatable bonds is 54. The quantitative estimate of drug-likeness (QED) is 0.0380. The fourth-order valence-electron chi connectivity index (χ4n) is 11.0. The van der Waals surface area contributed by atoms with Gasteiger partial charge < -0.3 is 14.4 Å². The van der Waals surface area contributed by atoms with Crippen molar-refractivity contribution < 1.29 is 28.2 Å². The van der Waals surface area contributed by atoms with E-state index in [1.807, 2.05) is 54.6 Å². The number of aryl methyl sites for hydroxylation is 1. The molecule has 0 radical (unpaired) electrons.